The first-order valence-electron chi connectivity index (χ1n) is 5.71. The molecule has 1 aromatic carbocycles. The second-order valence-corrected chi connectivity index (χ2v) is 4.10. The highest BCUT2D eigenvalue weighted by Crippen LogP contribution is 2.13. The number of aryl methyl sites for hydroxylation is 1. The highest BCUT2D eigenvalue weighted by atomic mass is 16.1. The Balaban J connectivity index is 2.36. The molecule has 0 spiro atoms. The van der Waals surface area contributed by atoms with Gasteiger partial charge in [-0.3, -0.25) is 9.59 Å². The maximum atomic E-state index is 12.1. The van der Waals surface area contributed by atoms with Gasteiger partial charge in [-0.2, -0.15) is 0 Å². The highest BCUT2D eigenvalue weighted by molar-refractivity contribution is 5.73. The molecule has 0 radical (unpaired) electrons. The van der Waals surface area contributed by atoms with Gasteiger partial charge in [0.15, 0.2) is 23.5 Å². The second-order valence-electron chi connectivity index (χ2n) is 4.10. The molecule has 0 fully saturated rings. The van der Waals surface area contributed by atoms with Crippen molar-refractivity contribution in [3.05, 3.63) is 52.2 Å². The fraction of sp³-hybridized carbons (Fsp3) is 0.0769. The molecule has 0 saturated carbocycles. The summed E-state index contributed by atoms with van der Waals surface area (Å²) < 4.78 is 1.28. The van der Waals surface area contributed by atoms with E-state index in [4.69, 9.17) is 0 Å². The number of aromatic amines is 1. The minimum Gasteiger partial charge on any atom is -0.303 e. The van der Waals surface area contributed by atoms with E-state index in [2.05, 4.69) is 15.1 Å². The third-order valence-corrected chi connectivity index (χ3v) is 2.85. The first kappa shape index (κ1) is 11.3. The van der Waals surface area contributed by atoms with Gasteiger partial charge in [0.25, 0.3) is 5.56 Å². The molecule has 0 atom stereocenters. The number of aldehydes is 1. The van der Waals surface area contributed by atoms with Crippen molar-refractivity contribution >= 4 is 11.8 Å². The van der Waals surface area contributed by atoms with Crippen molar-refractivity contribution in [3.8, 4) is 11.4 Å². The standard InChI is InChI=1S/C13H10N4O2/c1-8-11-13(19)15-12(9-5-3-2-4-6-9)16-17(11)10(7-18)14-8/h2-7H,1H3,(H,15,16,19). The van der Waals surface area contributed by atoms with Crippen LogP contribution in [0.1, 0.15) is 16.3 Å². The molecular weight excluding hydrogens is 244 g/mol. The monoisotopic (exact) mass is 254 g/mol. The van der Waals surface area contributed by atoms with Gasteiger partial charge in [-0.05, 0) is 6.92 Å². The van der Waals surface area contributed by atoms with Gasteiger partial charge in [0, 0.05) is 5.56 Å². The molecule has 1 N–H and O–H groups in total. The van der Waals surface area contributed by atoms with Crippen molar-refractivity contribution in [2.45, 2.75) is 6.92 Å². The zero-order chi connectivity index (χ0) is 13.4. The Labute approximate surface area is 107 Å². The van der Waals surface area contributed by atoms with Crippen LogP contribution in [0.25, 0.3) is 16.9 Å². The van der Waals surface area contributed by atoms with Crippen molar-refractivity contribution in [2.75, 3.05) is 0 Å². The van der Waals surface area contributed by atoms with Crippen molar-refractivity contribution in [1.82, 2.24) is 19.6 Å². The molecule has 3 aromatic rings. The molecule has 0 aliphatic carbocycles. The molecule has 3 rings (SSSR count). The molecule has 6 heteroatoms. The van der Waals surface area contributed by atoms with Crippen LogP contribution in [0.3, 0.4) is 0 Å². The average Bonchev–Trinajstić information content (AvgIpc) is 2.76. The number of aromatic nitrogens is 4. The van der Waals surface area contributed by atoms with E-state index in [1.807, 2.05) is 30.3 Å². The molecule has 0 unspecified atom stereocenters. The Morgan fingerprint density at radius 2 is 2.00 bits per heavy atom. The number of benzene rings is 1. The number of nitrogens with one attached hydrogen (secondary N) is 1. The Hall–Kier alpha value is -2.76. The molecule has 19 heavy (non-hydrogen) atoms. The van der Waals surface area contributed by atoms with Crippen LogP contribution >= 0.6 is 0 Å². The quantitative estimate of drug-likeness (QED) is 0.697. The predicted molar refractivity (Wildman–Crippen MR) is 69.2 cm³/mol. The van der Waals surface area contributed by atoms with E-state index >= 15 is 0 Å². The summed E-state index contributed by atoms with van der Waals surface area (Å²) in [6, 6.07) is 9.22. The smallest absolute Gasteiger partial charge is 0.277 e. The average molecular weight is 254 g/mol. The lowest BCUT2D eigenvalue weighted by molar-refractivity contribution is 0.111. The highest BCUT2D eigenvalue weighted by Gasteiger charge is 2.13. The van der Waals surface area contributed by atoms with Crippen molar-refractivity contribution in [3.63, 3.8) is 0 Å². The van der Waals surface area contributed by atoms with E-state index in [9.17, 15) is 9.59 Å². The maximum Gasteiger partial charge on any atom is 0.277 e. The zero-order valence-electron chi connectivity index (χ0n) is 10.1. The SMILES string of the molecule is Cc1nc(C=O)n2nc(-c3ccccc3)[nH]c(=O)c12. The van der Waals surface area contributed by atoms with E-state index in [0.717, 1.165) is 5.56 Å². The van der Waals surface area contributed by atoms with E-state index in [-0.39, 0.29) is 11.4 Å². The van der Waals surface area contributed by atoms with Gasteiger partial charge >= 0.3 is 0 Å². The predicted octanol–water partition coefficient (Wildman–Crippen LogP) is 1.21. The topological polar surface area (TPSA) is 80.1 Å². The number of fused-ring (bicyclic) bond motifs is 1. The van der Waals surface area contributed by atoms with Crippen LogP contribution in [-0.2, 0) is 0 Å². The minimum absolute atomic E-state index is 0.121. The summed E-state index contributed by atoms with van der Waals surface area (Å²) in [6.07, 6.45) is 0.585. The minimum atomic E-state index is -0.313. The number of nitrogens with zero attached hydrogens (tertiary/aromatic N) is 3. The summed E-state index contributed by atoms with van der Waals surface area (Å²) in [7, 11) is 0. The van der Waals surface area contributed by atoms with Gasteiger partial charge in [0.2, 0.25) is 0 Å². The largest absolute Gasteiger partial charge is 0.303 e. The fourth-order valence-corrected chi connectivity index (χ4v) is 2.00. The van der Waals surface area contributed by atoms with Crippen molar-refractivity contribution < 1.29 is 4.79 Å². The van der Waals surface area contributed by atoms with Gasteiger partial charge in [-0.1, -0.05) is 30.3 Å². The Kier molecular flexibility index (Phi) is 2.49. The van der Waals surface area contributed by atoms with Gasteiger partial charge < -0.3 is 4.98 Å². The van der Waals surface area contributed by atoms with E-state index in [0.29, 0.717) is 23.3 Å². The summed E-state index contributed by atoms with van der Waals surface area (Å²) in [5, 5.41) is 4.27. The number of hydrogen-bond acceptors (Lipinski definition) is 4. The number of rotatable bonds is 2. The number of carbonyl (C=O) groups is 1. The van der Waals surface area contributed by atoms with Crippen molar-refractivity contribution in [1.29, 1.82) is 0 Å². The molecule has 0 bridgehead atoms. The zero-order valence-corrected chi connectivity index (χ0v) is 10.1. The number of carbonyl (C=O) groups excluding carboxylic acids is 1. The van der Waals surface area contributed by atoms with E-state index in [1.165, 1.54) is 4.52 Å². The maximum absolute atomic E-state index is 12.1. The number of imidazole rings is 1. The van der Waals surface area contributed by atoms with Gasteiger partial charge in [-0.25, -0.2) is 9.50 Å². The van der Waals surface area contributed by atoms with Gasteiger partial charge in [0.1, 0.15) is 0 Å². The second kappa shape index (κ2) is 4.16. The van der Waals surface area contributed by atoms with Crippen LogP contribution in [0.2, 0.25) is 0 Å². The molecule has 0 amide bonds. The van der Waals surface area contributed by atoms with E-state index in [1.54, 1.807) is 6.92 Å². The van der Waals surface area contributed by atoms with Crippen LogP contribution in [0, 0.1) is 6.92 Å². The summed E-state index contributed by atoms with van der Waals surface area (Å²) in [5.74, 6) is 0.523. The summed E-state index contributed by atoms with van der Waals surface area (Å²) in [4.78, 5) is 29.7. The summed E-state index contributed by atoms with van der Waals surface area (Å²) >= 11 is 0. The summed E-state index contributed by atoms with van der Waals surface area (Å²) in [6.45, 7) is 1.67. The molecule has 2 heterocycles. The molecule has 6 nitrogen and oxygen atoms in total. The summed E-state index contributed by atoms with van der Waals surface area (Å²) in [5.41, 5.74) is 1.23. The van der Waals surface area contributed by atoms with Crippen LogP contribution in [0.15, 0.2) is 35.1 Å². The molecule has 94 valence electrons. The van der Waals surface area contributed by atoms with Crippen LogP contribution in [-0.4, -0.2) is 25.9 Å². The van der Waals surface area contributed by atoms with Gasteiger partial charge in [-0.15, -0.1) is 5.10 Å². The molecule has 2 aromatic heterocycles. The molecule has 0 saturated heterocycles. The van der Waals surface area contributed by atoms with Crippen LogP contribution < -0.4 is 5.56 Å². The Bertz CT molecular complexity index is 818. The van der Waals surface area contributed by atoms with Crippen LogP contribution in [0.4, 0.5) is 0 Å². The van der Waals surface area contributed by atoms with Crippen LogP contribution in [0.5, 0.6) is 0 Å². The molecule has 0 aliphatic rings. The first-order valence-corrected chi connectivity index (χ1v) is 5.71. The third-order valence-electron chi connectivity index (χ3n) is 2.85. The normalized spacial score (nSPS) is 10.8. The van der Waals surface area contributed by atoms with Crippen molar-refractivity contribution in [2.24, 2.45) is 0 Å². The number of hydrogen-bond donors (Lipinski definition) is 1. The van der Waals surface area contributed by atoms with Gasteiger partial charge in [0.05, 0.1) is 5.69 Å². The Morgan fingerprint density at radius 3 is 2.68 bits per heavy atom. The van der Waals surface area contributed by atoms with E-state index < -0.39 is 0 Å². The fourth-order valence-electron chi connectivity index (χ4n) is 2.00. The number of H-pyrrole nitrogens is 1. The lowest BCUT2D eigenvalue weighted by Crippen LogP contribution is -2.15. The lowest BCUT2D eigenvalue weighted by Gasteiger charge is -2.01. The lowest BCUT2D eigenvalue weighted by atomic mass is 10.2. The molecular formula is C13H10N4O2. The third kappa shape index (κ3) is 1.74. The first-order chi connectivity index (χ1) is 9.20. The Morgan fingerprint density at radius 1 is 1.26 bits per heavy atom. The molecule has 0 aliphatic heterocycles.